The van der Waals surface area contributed by atoms with E-state index < -0.39 is 5.54 Å². The Hall–Kier alpha value is -2.55. The van der Waals surface area contributed by atoms with Crippen molar-refractivity contribution in [3.05, 3.63) is 78.1 Å². The predicted molar refractivity (Wildman–Crippen MR) is 91.3 cm³/mol. The van der Waals surface area contributed by atoms with Gasteiger partial charge in [-0.3, -0.25) is 9.69 Å². The summed E-state index contributed by atoms with van der Waals surface area (Å²) < 4.78 is 5.78. The fourth-order valence-electron chi connectivity index (χ4n) is 3.08. The molecule has 3 heteroatoms. The van der Waals surface area contributed by atoms with Gasteiger partial charge in [-0.15, -0.1) is 0 Å². The van der Waals surface area contributed by atoms with Gasteiger partial charge in [0.15, 0.2) is 6.23 Å². The van der Waals surface area contributed by atoms with Crippen molar-refractivity contribution in [2.75, 3.05) is 0 Å². The molecule has 0 saturated carbocycles. The number of nitrogens with zero attached hydrogens (tertiary/aromatic N) is 1. The minimum atomic E-state index is -0.466. The van der Waals surface area contributed by atoms with Crippen LogP contribution in [-0.4, -0.2) is 17.0 Å². The van der Waals surface area contributed by atoms with Gasteiger partial charge in [-0.2, -0.15) is 0 Å². The summed E-state index contributed by atoms with van der Waals surface area (Å²) in [5, 5.41) is 0. The van der Waals surface area contributed by atoms with E-state index in [4.69, 9.17) is 4.74 Å². The van der Waals surface area contributed by atoms with Gasteiger partial charge in [-0.25, -0.2) is 0 Å². The topological polar surface area (TPSA) is 29.5 Å². The third-order valence-electron chi connectivity index (χ3n) is 4.36. The maximum absolute atomic E-state index is 13.1. The Morgan fingerprint density at radius 3 is 2.13 bits per heavy atom. The van der Waals surface area contributed by atoms with E-state index in [1.54, 1.807) is 6.26 Å². The van der Waals surface area contributed by atoms with E-state index in [0.717, 1.165) is 11.1 Å². The minimum Gasteiger partial charge on any atom is -0.477 e. The van der Waals surface area contributed by atoms with E-state index in [0.29, 0.717) is 5.57 Å². The molecule has 1 atom stereocenters. The number of carbonyl (C=O) groups is 1. The Labute approximate surface area is 137 Å². The number of benzene rings is 2. The zero-order valence-electron chi connectivity index (χ0n) is 13.7. The first-order valence-corrected chi connectivity index (χ1v) is 7.82. The summed E-state index contributed by atoms with van der Waals surface area (Å²) in [6, 6.07) is 19.7. The largest absolute Gasteiger partial charge is 0.477 e. The van der Waals surface area contributed by atoms with E-state index in [9.17, 15) is 4.79 Å². The smallest absolute Gasteiger partial charge is 0.261 e. The van der Waals surface area contributed by atoms with Gasteiger partial charge in [-0.1, -0.05) is 60.7 Å². The van der Waals surface area contributed by atoms with Crippen LogP contribution in [0.15, 0.2) is 66.9 Å². The van der Waals surface area contributed by atoms with Crippen molar-refractivity contribution < 1.29 is 9.53 Å². The lowest BCUT2D eigenvalue weighted by Crippen LogP contribution is -2.53. The maximum Gasteiger partial charge on any atom is 0.261 e. The summed E-state index contributed by atoms with van der Waals surface area (Å²) >= 11 is 0. The molecule has 2 aromatic rings. The van der Waals surface area contributed by atoms with Crippen molar-refractivity contribution in [1.29, 1.82) is 0 Å². The average Bonchev–Trinajstić information content (AvgIpc) is 2.56. The molecule has 118 valence electrons. The van der Waals surface area contributed by atoms with Crippen LogP contribution in [0.2, 0.25) is 0 Å². The second kappa shape index (κ2) is 5.92. The molecule has 1 heterocycles. The number of rotatable bonds is 3. The highest BCUT2D eigenvalue weighted by Gasteiger charge is 2.40. The van der Waals surface area contributed by atoms with Crippen LogP contribution in [0, 0.1) is 0 Å². The third kappa shape index (κ3) is 2.74. The van der Waals surface area contributed by atoms with Crippen molar-refractivity contribution in [3.63, 3.8) is 0 Å². The maximum atomic E-state index is 13.1. The van der Waals surface area contributed by atoms with Crippen molar-refractivity contribution in [2.45, 2.75) is 32.5 Å². The molecule has 23 heavy (non-hydrogen) atoms. The van der Waals surface area contributed by atoms with Crippen LogP contribution in [0.1, 0.15) is 31.9 Å². The highest BCUT2D eigenvalue weighted by atomic mass is 16.5. The molecule has 0 fully saturated rings. The zero-order valence-corrected chi connectivity index (χ0v) is 13.7. The summed E-state index contributed by atoms with van der Waals surface area (Å²) in [4.78, 5) is 14.9. The van der Waals surface area contributed by atoms with Crippen molar-refractivity contribution in [3.8, 4) is 0 Å². The molecular formula is C20H21NO2. The number of hydrogen-bond acceptors (Lipinski definition) is 2. The monoisotopic (exact) mass is 307 g/mol. The van der Waals surface area contributed by atoms with Crippen LogP contribution in [0.5, 0.6) is 0 Å². The predicted octanol–water partition coefficient (Wildman–Crippen LogP) is 4.17. The van der Waals surface area contributed by atoms with Gasteiger partial charge in [0, 0.05) is 0 Å². The van der Waals surface area contributed by atoms with Crippen molar-refractivity contribution >= 4 is 11.5 Å². The highest BCUT2D eigenvalue weighted by molar-refractivity contribution is 6.19. The first-order chi connectivity index (χ1) is 11.0. The molecule has 0 N–H and O–H groups in total. The third-order valence-corrected chi connectivity index (χ3v) is 4.36. The van der Waals surface area contributed by atoms with E-state index in [1.807, 2.05) is 86.3 Å². The van der Waals surface area contributed by atoms with E-state index in [1.165, 1.54) is 0 Å². The number of hydrogen-bond donors (Lipinski definition) is 0. The van der Waals surface area contributed by atoms with Crippen LogP contribution in [0.25, 0.3) is 5.57 Å². The van der Waals surface area contributed by atoms with E-state index in [2.05, 4.69) is 0 Å². The molecule has 1 amide bonds. The SMILES string of the molecule is CC1OC=C(c2ccccc2)C(=O)N1C(C)(C)c1ccccc1. The lowest BCUT2D eigenvalue weighted by atomic mass is 9.90. The zero-order chi connectivity index (χ0) is 16.4. The fraction of sp³-hybridized carbons (Fsp3) is 0.250. The number of ether oxygens (including phenoxy) is 1. The van der Waals surface area contributed by atoms with Crippen molar-refractivity contribution in [2.24, 2.45) is 0 Å². The Bertz CT molecular complexity index is 720. The molecule has 1 aliphatic rings. The molecular weight excluding hydrogens is 286 g/mol. The summed E-state index contributed by atoms with van der Waals surface area (Å²) in [5.74, 6) is -0.0104. The molecule has 2 aromatic carbocycles. The van der Waals surface area contributed by atoms with Crippen LogP contribution in [-0.2, 0) is 15.1 Å². The summed E-state index contributed by atoms with van der Waals surface area (Å²) in [7, 11) is 0. The molecule has 1 aliphatic heterocycles. The van der Waals surface area contributed by atoms with Gasteiger partial charge in [-0.05, 0) is 31.9 Å². The Morgan fingerprint density at radius 1 is 0.957 bits per heavy atom. The molecule has 0 bridgehead atoms. The first kappa shape index (κ1) is 15.3. The number of amides is 1. The molecule has 0 aromatic heterocycles. The second-order valence-electron chi connectivity index (χ2n) is 6.23. The minimum absolute atomic E-state index is 0.0104. The van der Waals surface area contributed by atoms with E-state index >= 15 is 0 Å². The second-order valence-corrected chi connectivity index (χ2v) is 6.23. The summed E-state index contributed by atoms with van der Waals surface area (Å²) in [5.41, 5.74) is 2.08. The Balaban J connectivity index is 2.00. The summed E-state index contributed by atoms with van der Waals surface area (Å²) in [6.45, 7) is 6.00. The standard InChI is InChI=1S/C20H21NO2/c1-15-21(20(2,3)17-12-8-5-9-13-17)19(22)18(14-23-15)16-10-6-4-7-11-16/h4-15H,1-3H3. The lowest BCUT2D eigenvalue weighted by molar-refractivity contribution is -0.148. The van der Waals surface area contributed by atoms with E-state index in [-0.39, 0.29) is 12.1 Å². The van der Waals surface area contributed by atoms with Crippen molar-refractivity contribution in [1.82, 2.24) is 4.90 Å². The quantitative estimate of drug-likeness (QED) is 0.852. The molecule has 0 spiro atoms. The van der Waals surface area contributed by atoms with Crippen LogP contribution < -0.4 is 0 Å². The molecule has 0 saturated heterocycles. The molecule has 3 nitrogen and oxygen atoms in total. The van der Waals surface area contributed by atoms with Gasteiger partial charge in [0.25, 0.3) is 5.91 Å². The summed E-state index contributed by atoms with van der Waals surface area (Å²) in [6.07, 6.45) is 1.27. The van der Waals surface area contributed by atoms with Crippen LogP contribution in [0.3, 0.4) is 0 Å². The average molecular weight is 307 g/mol. The van der Waals surface area contributed by atoms with Gasteiger partial charge in [0.05, 0.1) is 17.4 Å². The molecule has 1 unspecified atom stereocenters. The molecule has 3 rings (SSSR count). The normalized spacial score (nSPS) is 18.4. The Morgan fingerprint density at radius 2 is 1.52 bits per heavy atom. The number of carbonyl (C=O) groups excluding carboxylic acids is 1. The molecule has 0 radical (unpaired) electrons. The Kier molecular flexibility index (Phi) is 3.95. The van der Waals surface area contributed by atoms with Gasteiger partial charge < -0.3 is 4.74 Å². The van der Waals surface area contributed by atoms with Gasteiger partial charge >= 0.3 is 0 Å². The van der Waals surface area contributed by atoms with Gasteiger partial charge in [0.1, 0.15) is 0 Å². The fourth-order valence-corrected chi connectivity index (χ4v) is 3.08. The lowest BCUT2D eigenvalue weighted by Gasteiger charge is -2.44. The van der Waals surface area contributed by atoms with Crippen LogP contribution in [0.4, 0.5) is 0 Å². The van der Waals surface area contributed by atoms with Crippen LogP contribution >= 0.6 is 0 Å². The first-order valence-electron chi connectivity index (χ1n) is 7.82. The highest BCUT2D eigenvalue weighted by Crippen LogP contribution is 2.35. The molecule has 0 aliphatic carbocycles. The van der Waals surface area contributed by atoms with Gasteiger partial charge in [0.2, 0.25) is 0 Å².